The third-order valence-electron chi connectivity index (χ3n) is 5.69. The van der Waals surface area contributed by atoms with Crippen LogP contribution in [0.1, 0.15) is 23.2 Å². The number of likely N-dealkylation sites (tertiary alicyclic amines) is 1. The van der Waals surface area contributed by atoms with Gasteiger partial charge in [0.2, 0.25) is 0 Å². The molecular formula is C24H20Cl2FNO3S. The summed E-state index contributed by atoms with van der Waals surface area (Å²) in [5, 5.41) is 0.351. The van der Waals surface area contributed by atoms with Gasteiger partial charge in [0.1, 0.15) is 5.82 Å². The van der Waals surface area contributed by atoms with Crippen LogP contribution in [-0.2, 0) is 9.84 Å². The van der Waals surface area contributed by atoms with Gasteiger partial charge in [0.15, 0.2) is 9.84 Å². The molecule has 0 aliphatic carbocycles. The number of amides is 1. The third-order valence-corrected chi connectivity index (χ3v) is 8.71. The van der Waals surface area contributed by atoms with Crippen molar-refractivity contribution in [3.63, 3.8) is 0 Å². The van der Waals surface area contributed by atoms with Crippen LogP contribution < -0.4 is 0 Å². The predicted octanol–water partition coefficient (Wildman–Crippen LogP) is 5.88. The van der Waals surface area contributed by atoms with Gasteiger partial charge in [0.05, 0.1) is 20.2 Å². The van der Waals surface area contributed by atoms with Crippen LogP contribution in [0.15, 0.2) is 71.6 Å². The van der Waals surface area contributed by atoms with Crippen molar-refractivity contribution in [2.45, 2.75) is 23.0 Å². The zero-order valence-corrected chi connectivity index (χ0v) is 19.3. The maximum atomic E-state index is 13.1. The summed E-state index contributed by atoms with van der Waals surface area (Å²) >= 11 is 12.1. The molecule has 1 aliphatic heterocycles. The van der Waals surface area contributed by atoms with Crippen LogP contribution in [-0.4, -0.2) is 37.6 Å². The maximum Gasteiger partial charge on any atom is 0.253 e. The van der Waals surface area contributed by atoms with Gasteiger partial charge in [-0.05, 0) is 72.5 Å². The molecule has 0 unspecified atom stereocenters. The summed E-state index contributed by atoms with van der Waals surface area (Å²) in [6.07, 6.45) is 0.680. The van der Waals surface area contributed by atoms with Gasteiger partial charge in [-0.15, -0.1) is 0 Å². The summed E-state index contributed by atoms with van der Waals surface area (Å²) in [4.78, 5) is 14.7. The molecule has 32 heavy (non-hydrogen) atoms. The number of piperidine rings is 1. The minimum atomic E-state index is -3.56. The van der Waals surface area contributed by atoms with E-state index in [1.807, 2.05) is 18.2 Å². The molecule has 0 atom stereocenters. The van der Waals surface area contributed by atoms with E-state index in [1.165, 1.54) is 12.1 Å². The van der Waals surface area contributed by atoms with E-state index in [1.54, 1.807) is 29.2 Å². The number of benzene rings is 3. The minimum absolute atomic E-state index is 0.113. The summed E-state index contributed by atoms with van der Waals surface area (Å²) < 4.78 is 38.8. The molecule has 0 saturated carbocycles. The van der Waals surface area contributed by atoms with Crippen LogP contribution in [0.2, 0.25) is 10.0 Å². The molecule has 8 heteroatoms. The quantitative estimate of drug-likeness (QED) is 0.428. The second-order valence-corrected chi connectivity index (χ2v) is 10.7. The topological polar surface area (TPSA) is 54.5 Å². The van der Waals surface area contributed by atoms with E-state index in [0.717, 1.165) is 23.3 Å². The second kappa shape index (κ2) is 9.22. The lowest BCUT2D eigenvalue weighted by Gasteiger charge is -2.32. The van der Waals surface area contributed by atoms with Gasteiger partial charge in [0.25, 0.3) is 5.91 Å². The van der Waals surface area contributed by atoms with Crippen molar-refractivity contribution in [1.82, 2.24) is 4.90 Å². The average Bonchev–Trinajstić information content (AvgIpc) is 2.81. The van der Waals surface area contributed by atoms with Gasteiger partial charge in [0, 0.05) is 18.7 Å². The van der Waals surface area contributed by atoms with Crippen molar-refractivity contribution in [3.8, 4) is 11.1 Å². The molecule has 3 aromatic carbocycles. The van der Waals surface area contributed by atoms with Crippen molar-refractivity contribution < 1.29 is 17.6 Å². The molecule has 1 fully saturated rings. The summed E-state index contributed by atoms with van der Waals surface area (Å²) in [6.45, 7) is 0.691. The molecule has 0 N–H and O–H groups in total. The van der Waals surface area contributed by atoms with E-state index in [2.05, 4.69) is 0 Å². The molecule has 4 nitrogen and oxygen atoms in total. The summed E-state index contributed by atoms with van der Waals surface area (Å²) in [6, 6.07) is 17.4. The first-order chi connectivity index (χ1) is 15.3. The molecule has 166 valence electrons. The molecule has 1 saturated heterocycles. The van der Waals surface area contributed by atoms with Crippen LogP contribution in [0.4, 0.5) is 4.39 Å². The maximum absolute atomic E-state index is 13.1. The highest BCUT2D eigenvalue weighted by Crippen LogP contribution is 2.29. The van der Waals surface area contributed by atoms with E-state index >= 15 is 0 Å². The SMILES string of the molecule is O=C(c1ccc(-c2ccc(Cl)c(Cl)c2)cc1)N1CCC(S(=O)(=O)c2ccc(F)cc2)CC1. The largest absolute Gasteiger partial charge is 0.339 e. The first kappa shape index (κ1) is 22.8. The fraction of sp³-hybridized carbons (Fsp3) is 0.208. The van der Waals surface area contributed by atoms with E-state index in [9.17, 15) is 17.6 Å². The highest BCUT2D eigenvalue weighted by atomic mass is 35.5. The fourth-order valence-corrected chi connectivity index (χ4v) is 5.88. The Balaban J connectivity index is 1.42. The van der Waals surface area contributed by atoms with Gasteiger partial charge >= 0.3 is 0 Å². The summed E-state index contributed by atoms with van der Waals surface area (Å²) in [7, 11) is -3.56. The van der Waals surface area contributed by atoms with E-state index in [0.29, 0.717) is 41.5 Å². The van der Waals surface area contributed by atoms with Gasteiger partial charge in [-0.3, -0.25) is 4.79 Å². The molecular weight excluding hydrogens is 472 g/mol. The van der Waals surface area contributed by atoms with Crippen molar-refractivity contribution in [3.05, 3.63) is 88.2 Å². The number of carbonyl (C=O) groups is 1. The van der Waals surface area contributed by atoms with Gasteiger partial charge in [-0.25, -0.2) is 12.8 Å². The van der Waals surface area contributed by atoms with E-state index < -0.39 is 20.9 Å². The highest BCUT2D eigenvalue weighted by molar-refractivity contribution is 7.92. The Labute approximate surface area is 196 Å². The predicted molar refractivity (Wildman–Crippen MR) is 124 cm³/mol. The number of rotatable bonds is 4. The molecule has 0 radical (unpaired) electrons. The lowest BCUT2D eigenvalue weighted by atomic mass is 10.0. The Morgan fingerprint density at radius 3 is 2.03 bits per heavy atom. The summed E-state index contributed by atoms with van der Waals surface area (Å²) in [5.74, 6) is -0.613. The Kier molecular flexibility index (Phi) is 6.56. The molecule has 1 aliphatic rings. The van der Waals surface area contributed by atoms with Gasteiger partial charge in [-0.1, -0.05) is 41.4 Å². The third kappa shape index (κ3) is 4.68. The zero-order chi connectivity index (χ0) is 22.9. The molecule has 1 heterocycles. The number of sulfone groups is 1. The number of carbonyl (C=O) groups excluding carboxylic acids is 1. The van der Waals surface area contributed by atoms with Crippen LogP contribution in [0.5, 0.6) is 0 Å². The first-order valence-electron chi connectivity index (χ1n) is 10.1. The minimum Gasteiger partial charge on any atom is -0.339 e. The molecule has 0 aromatic heterocycles. The molecule has 0 bridgehead atoms. The smallest absolute Gasteiger partial charge is 0.253 e. The van der Waals surface area contributed by atoms with Crippen LogP contribution >= 0.6 is 23.2 Å². The summed E-state index contributed by atoms with van der Waals surface area (Å²) in [5.41, 5.74) is 2.34. The number of hydrogen-bond acceptors (Lipinski definition) is 3. The van der Waals surface area contributed by atoms with Crippen molar-refractivity contribution in [2.75, 3.05) is 13.1 Å². The van der Waals surface area contributed by atoms with E-state index in [-0.39, 0.29) is 10.8 Å². The monoisotopic (exact) mass is 491 g/mol. The molecule has 4 rings (SSSR count). The number of nitrogens with zero attached hydrogens (tertiary/aromatic N) is 1. The highest BCUT2D eigenvalue weighted by Gasteiger charge is 2.33. The molecule has 0 spiro atoms. The Bertz CT molecular complexity index is 1240. The van der Waals surface area contributed by atoms with Crippen LogP contribution in [0.25, 0.3) is 11.1 Å². The Morgan fingerprint density at radius 1 is 0.844 bits per heavy atom. The number of halogens is 3. The Morgan fingerprint density at radius 2 is 1.44 bits per heavy atom. The average molecular weight is 492 g/mol. The van der Waals surface area contributed by atoms with Crippen molar-refractivity contribution >= 4 is 38.9 Å². The lowest BCUT2D eigenvalue weighted by molar-refractivity contribution is 0.0725. The standard InChI is InChI=1S/C24H20Cl2FNO3S/c25-22-10-5-18(15-23(22)26)16-1-3-17(4-2-16)24(29)28-13-11-21(12-14-28)32(30,31)20-8-6-19(27)7-9-20/h1-10,15,21H,11-14H2. The zero-order valence-electron chi connectivity index (χ0n) is 17.0. The fourth-order valence-electron chi connectivity index (χ4n) is 3.85. The Hall–Kier alpha value is -2.41. The lowest BCUT2D eigenvalue weighted by Crippen LogP contribution is -2.42. The van der Waals surface area contributed by atoms with Gasteiger partial charge < -0.3 is 4.90 Å². The molecule has 1 amide bonds. The van der Waals surface area contributed by atoms with Crippen LogP contribution in [0, 0.1) is 5.82 Å². The van der Waals surface area contributed by atoms with E-state index in [4.69, 9.17) is 23.2 Å². The van der Waals surface area contributed by atoms with Crippen LogP contribution in [0.3, 0.4) is 0 Å². The van der Waals surface area contributed by atoms with Crippen molar-refractivity contribution in [1.29, 1.82) is 0 Å². The number of hydrogen-bond donors (Lipinski definition) is 0. The second-order valence-electron chi connectivity index (χ2n) is 7.70. The normalized spacial score (nSPS) is 15.0. The molecule has 3 aromatic rings. The van der Waals surface area contributed by atoms with Crippen molar-refractivity contribution in [2.24, 2.45) is 0 Å². The van der Waals surface area contributed by atoms with Gasteiger partial charge in [-0.2, -0.15) is 0 Å². The first-order valence-corrected chi connectivity index (χ1v) is 12.4.